The summed E-state index contributed by atoms with van der Waals surface area (Å²) in [6.07, 6.45) is 2.72. The van der Waals surface area contributed by atoms with Crippen molar-refractivity contribution >= 4 is 34.3 Å². The van der Waals surface area contributed by atoms with E-state index in [2.05, 4.69) is 22.4 Å². The number of hydrogen-bond donors (Lipinski definition) is 1. The Hall–Kier alpha value is -2.17. The number of nitrogens with one attached hydrogen (secondary N) is 1. The van der Waals surface area contributed by atoms with Gasteiger partial charge in [-0.3, -0.25) is 5.43 Å². The van der Waals surface area contributed by atoms with Crippen molar-refractivity contribution in [2.24, 2.45) is 5.10 Å². The minimum absolute atomic E-state index is 0.749. The van der Waals surface area contributed by atoms with Crippen molar-refractivity contribution in [2.45, 2.75) is 13.3 Å². The maximum Gasteiger partial charge on any atom is 0.203 e. The Labute approximate surface area is 144 Å². The van der Waals surface area contributed by atoms with E-state index in [0.29, 0.717) is 0 Å². The summed E-state index contributed by atoms with van der Waals surface area (Å²) in [5.74, 6) is 0. The normalized spacial score (nSPS) is 11.0. The molecule has 0 unspecified atom stereocenters. The molecule has 23 heavy (non-hydrogen) atoms. The van der Waals surface area contributed by atoms with E-state index in [1.54, 1.807) is 6.21 Å². The quantitative estimate of drug-likeness (QED) is 0.493. The first-order chi connectivity index (χ1) is 11.3. The summed E-state index contributed by atoms with van der Waals surface area (Å²) >= 11 is 7.55. The Kier molecular flexibility index (Phi) is 5.05. The van der Waals surface area contributed by atoms with Crippen LogP contribution in [-0.2, 0) is 6.42 Å². The van der Waals surface area contributed by atoms with E-state index in [1.807, 2.05) is 53.9 Å². The molecule has 0 aliphatic heterocycles. The van der Waals surface area contributed by atoms with E-state index in [1.165, 1.54) is 16.9 Å². The van der Waals surface area contributed by atoms with Gasteiger partial charge in [0.05, 0.1) is 11.9 Å². The van der Waals surface area contributed by atoms with E-state index in [-0.39, 0.29) is 0 Å². The summed E-state index contributed by atoms with van der Waals surface area (Å²) in [6, 6.07) is 15.9. The van der Waals surface area contributed by atoms with E-state index in [4.69, 9.17) is 11.6 Å². The molecule has 3 rings (SSSR count). The van der Waals surface area contributed by atoms with Crippen molar-refractivity contribution < 1.29 is 0 Å². The maximum absolute atomic E-state index is 6.02. The van der Waals surface area contributed by atoms with Crippen LogP contribution in [-0.4, -0.2) is 11.2 Å². The van der Waals surface area contributed by atoms with E-state index < -0.39 is 0 Å². The number of benzene rings is 2. The van der Waals surface area contributed by atoms with Crippen molar-refractivity contribution in [2.75, 3.05) is 5.43 Å². The molecule has 0 aliphatic carbocycles. The van der Waals surface area contributed by atoms with Gasteiger partial charge in [0.15, 0.2) is 0 Å². The van der Waals surface area contributed by atoms with Crippen LogP contribution in [0, 0.1) is 0 Å². The zero-order chi connectivity index (χ0) is 16.1. The van der Waals surface area contributed by atoms with Gasteiger partial charge >= 0.3 is 0 Å². The maximum atomic E-state index is 6.02. The molecule has 1 aromatic heterocycles. The Bertz CT molecular complexity index is 812. The van der Waals surface area contributed by atoms with Gasteiger partial charge in [-0.1, -0.05) is 54.9 Å². The minimum atomic E-state index is 0.749. The van der Waals surface area contributed by atoms with Crippen LogP contribution in [0.15, 0.2) is 59.0 Å². The van der Waals surface area contributed by atoms with Gasteiger partial charge in [0, 0.05) is 16.0 Å². The second-order valence-electron chi connectivity index (χ2n) is 4.97. The van der Waals surface area contributed by atoms with Crippen molar-refractivity contribution in [3.8, 4) is 11.3 Å². The molecule has 0 bridgehead atoms. The molecule has 3 nitrogen and oxygen atoms in total. The van der Waals surface area contributed by atoms with Gasteiger partial charge in [-0.2, -0.15) is 5.10 Å². The molecule has 0 aliphatic rings. The number of halogens is 1. The number of aromatic nitrogens is 1. The van der Waals surface area contributed by atoms with Gasteiger partial charge in [0.25, 0.3) is 0 Å². The summed E-state index contributed by atoms with van der Waals surface area (Å²) in [5, 5.41) is 7.83. The van der Waals surface area contributed by atoms with Crippen LogP contribution in [0.3, 0.4) is 0 Å². The van der Waals surface area contributed by atoms with Crippen LogP contribution < -0.4 is 5.43 Å². The predicted octanol–water partition coefficient (Wildman–Crippen LogP) is 5.47. The first-order valence-electron chi connectivity index (χ1n) is 7.34. The molecule has 5 heteroatoms. The number of anilines is 1. The number of thiazole rings is 1. The number of hydrogen-bond acceptors (Lipinski definition) is 4. The van der Waals surface area contributed by atoms with Gasteiger partial charge in [-0.05, 0) is 29.7 Å². The highest BCUT2D eigenvalue weighted by molar-refractivity contribution is 7.14. The average molecular weight is 342 g/mol. The van der Waals surface area contributed by atoms with Crippen LogP contribution in [0.5, 0.6) is 0 Å². The standard InChI is InChI=1S/C18H16ClN3S/c1-2-13-10-16(19)9-8-15(13)11-20-22-18-21-17(12-23-18)14-6-4-3-5-7-14/h3-12H,2H2,1H3,(H,21,22). The topological polar surface area (TPSA) is 37.3 Å². The lowest BCUT2D eigenvalue weighted by atomic mass is 10.1. The zero-order valence-electron chi connectivity index (χ0n) is 12.7. The van der Waals surface area contributed by atoms with Gasteiger partial charge in [0.1, 0.15) is 0 Å². The molecule has 0 radical (unpaired) electrons. The molecule has 2 aromatic carbocycles. The fourth-order valence-electron chi connectivity index (χ4n) is 2.23. The van der Waals surface area contributed by atoms with Crippen molar-refractivity contribution in [1.82, 2.24) is 4.98 Å². The van der Waals surface area contributed by atoms with Crippen LogP contribution in [0.2, 0.25) is 5.02 Å². The fourth-order valence-corrected chi connectivity index (χ4v) is 3.09. The van der Waals surface area contributed by atoms with Gasteiger partial charge in [-0.15, -0.1) is 11.3 Å². The third-order valence-corrected chi connectivity index (χ3v) is 4.41. The highest BCUT2D eigenvalue weighted by Gasteiger charge is 2.03. The Morgan fingerprint density at radius 1 is 1.22 bits per heavy atom. The lowest BCUT2D eigenvalue weighted by Gasteiger charge is -2.03. The summed E-state index contributed by atoms with van der Waals surface area (Å²) < 4.78 is 0. The first-order valence-corrected chi connectivity index (χ1v) is 8.60. The van der Waals surface area contributed by atoms with Crippen molar-refractivity contribution in [3.05, 3.63) is 70.1 Å². The van der Waals surface area contributed by atoms with Crippen LogP contribution in [0.1, 0.15) is 18.1 Å². The minimum Gasteiger partial charge on any atom is -0.253 e. The molecule has 0 saturated carbocycles. The number of aryl methyl sites for hydroxylation is 1. The monoisotopic (exact) mass is 341 g/mol. The van der Waals surface area contributed by atoms with Gasteiger partial charge < -0.3 is 0 Å². The molecule has 0 fully saturated rings. The molecule has 0 saturated heterocycles. The molecular formula is C18H16ClN3S. The Morgan fingerprint density at radius 3 is 2.83 bits per heavy atom. The Morgan fingerprint density at radius 2 is 2.04 bits per heavy atom. The largest absolute Gasteiger partial charge is 0.253 e. The molecular weight excluding hydrogens is 326 g/mol. The second-order valence-corrected chi connectivity index (χ2v) is 6.27. The van der Waals surface area contributed by atoms with Gasteiger partial charge in [-0.25, -0.2) is 4.98 Å². The van der Waals surface area contributed by atoms with E-state index in [0.717, 1.165) is 33.4 Å². The molecule has 0 spiro atoms. The summed E-state index contributed by atoms with van der Waals surface area (Å²) in [7, 11) is 0. The van der Waals surface area contributed by atoms with Crippen LogP contribution >= 0.6 is 22.9 Å². The van der Waals surface area contributed by atoms with Gasteiger partial charge in [0.2, 0.25) is 5.13 Å². The fraction of sp³-hybridized carbons (Fsp3) is 0.111. The lowest BCUT2D eigenvalue weighted by molar-refractivity contribution is 1.13. The Balaban J connectivity index is 1.70. The van der Waals surface area contributed by atoms with Crippen LogP contribution in [0.4, 0.5) is 5.13 Å². The highest BCUT2D eigenvalue weighted by atomic mass is 35.5. The van der Waals surface area contributed by atoms with E-state index >= 15 is 0 Å². The van der Waals surface area contributed by atoms with Crippen molar-refractivity contribution in [1.29, 1.82) is 0 Å². The number of nitrogens with zero attached hydrogens (tertiary/aromatic N) is 2. The molecule has 0 amide bonds. The number of hydrazone groups is 1. The molecule has 116 valence electrons. The molecule has 0 atom stereocenters. The molecule has 3 aromatic rings. The van der Waals surface area contributed by atoms with Crippen molar-refractivity contribution in [3.63, 3.8) is 0 Å². The third-order valence-electron chi connectivity index (χ3n) is 3.42. The SMILES string of the molecule is CCc1cc(Cl)ccc1C=NNc1nc(-c2ccccc2)cs1. The van der Waals surface area contributed by atoms with Crippen LogP contribution in [0.25, 0.3) is 11.3 Å². The summed E-state index contributed by atoms with van der Waals surface area (Å²) in [4.78, 5) is 4.54. The second kappa shape index (κ2) is 7.40. The molecule has 1 N–H and O–H groups in total. The molecule has 1 heterocycles. The lowest BCUT2D eigenvalue weighted by Crippen LogP contribution is -1.94. The predicted molar refractivity (Wildman–Crippen MR) is 99.6 cm³/mol. The number of rotatable bonds is 5. The smallest absolute Gasteiger partial charge is 0.203 e. The summed E-state index contributed by atoms with van der Waals surface area (Å²) in [6.45, 7) is 2.10. The van der Waals surface area contributed by atoms with E-state index in [9.17, 15) is 0 Å². The third kappa shape index (κ3) is 3.97. The average Bonchev–Trinajstić information content (AvgIpc) is 3.06. The zero-order valence-corrected chi connectivity index (χ0v) is 14.2. The first kappa shape index (κ1) is 15.7. The summed E-state index contributed by atoms with van der Waals surface area (Å²) in [5.41, 5.74) is 7.28. The highest BCUT2D eigenvalue weighted by Crippen LogP contribution is 2.24.